The quantitative estimate of drug-likeness (QED) is 0.843. The Balaban J connectivity index is 1.95. The molecule has 2 aromatic carbocycles. The molecule has 1 unspecified atom stereocenters. The van der Waals surface area contributed by atoms with Crippen LogP contribution >= 0.6 is 0 Å². The van der Waals surface area contributed by atoms with Crippen LogP contribution in [0, 0.1) is 0 Å². The van der Waals surface area contributed by atoms with Gasteiger partial charge in [0.05, 0.1) is 0 Å². The first-order valence-electron chi connectivity index (χ1n) is 6.72. The molecule has 1 heteroatoms. The number of fused-ring (bicyclic) bond motifs is 1. The van der Waals surface area contributed by atoms with Gasteiger partial charge in [0, 0.05) is 6.04 Å². The lowest BCUT2D eigenvalue weighted by Gasteiger charge is -2.08. The van der Waals surface area contributed by atoms with Crippen LogP contribution in [-0.4, -0.2) is 0 Å². The number of hydrogen-bond acceptors (Lipinski definition) is 1. The number of nitrogens with two attached hydrogens (primary N) is 1. The Morgan fingerprint density at radius 3 is 2.28 bits per heavy atom. The molecule has 0 amide bonds. The highest BCUT2D eigenvalue weighted by molar-refractivity contribution is 5.65. The molecule has 0 bridgehead atoms. The van der Waals surface area contributed by atoms with Gasteiger partial charge in [-0.3, -0.25) is 0 Å². The molecule has 0 fully saturated rings. The van der Waals surface area contributed by atoms with Crippen LogP contribution in [0.1, 0.15) is 36.1 Å². The Bertz CT molecular complexity index is 552. The second kappa shape index (κ2) is 4.58. The largest absolute Gasteiger partial charge is 0.324 e. The van der Waals surface area contributed by atoms with Crippen LogP contribution in [0.25, 0.3) is 11.1 Å². The van der Waals surface area contributed by atoms with Gasteiger partial charge in [0.15, 0.2) is 0 Å². The zero-order chi connectivity index (χ0) is 12.5. The highest BCUT2D eigenvalue weighted by Crippen LogP contribution is 2.28. The molecule has 3 rings (SSSR count). The van der Waals surface area contributed by atoms with Gasteiger partial charge in [-0.05, 0) is 54.0 Å². The maximum atomic E-state index is 5.88. The molecule has 0 saturated heterocycles. The lowest BCUT2D eigenvalue weighted by atomic mass is 9.98. The molecule has 1 aliphatic carbocycles. The third-order valence-corrected chi connectivity index (χ3v) is 3.87. The molecular weight excluding hydrogens is 218 g/mol. The van der Waals surface area contributed by atoms with Gasteiger partial charge in [-0.1, -0.05) is 42.5 Å². The molecule has 18 heavy (non-hydrogen) atoms. The highest BCUT2D eigenvalue weighted by Gasteiger charge is 2.11. The number of hydrogen-bond donors (Lipinski definition) is 1. The monoisotopic (exact) mass is 237 g/mol. The van der Waals surface area contributed by atoms with E-state index >= 15 is 0 Å². The number of benzene rings is 2. The van der Waals surface area contributed by atoms with E-state index in [2.05, 4.69) is 42.5 Å². The normalized spacial score (nSPS) is 15.4. The smallest absolute Gasteiger partial charge is 0.0266 e. The van der Waals surface area contributed by atoms with E-state index in [4.69, 9.17) is 5.73 Å². The summed E-state index contributed by atoms with van der Waals surface area (Å²) >= 11 is 0. The standard InChI is InChI=1S/C17H19N/c1-12(18)13-5-7-15(8-6-13)17-10-9-14-3-2-4-16(14)11-17/h5-12H,2-4,18H2,1H3. The molecule has 0 saturated carbocycles. The molecule has 92 valence electrons. The van der Waals surface area contributed by atoms with Gasteiger partial charge in [-0.2, -0.15) is 0 Å². The fourth-order valence-corrected chi connectivity index (χ4v) is 2.73. The minimum Gasteiger partial charge on any atom is -0.324 e. The topological polar surface area (TPSA) is 26.0 Å². The van der Waals surface area contributed by atoms with Gasteiger partial charge in [0.1, 0.15) is 0 Å². The maximum Gasteiger partial charge on any atom is 0.0266 e. The molecular formula is C17H19N. The van der Waals surface area contributed by atoms with Crippen molar-refractivity contribution in [3.8, 4) is 11.1 Å². The molecule has 0 aliphatic heterocycles. The Labute approximate surface area is 109 Å². The minimum absolute atomic E-state index is 0.110. The summed E-state index contributed by atoms with van der Waals surface area (Å²) in [5, 5.41) is 0. The summed E-state index contributed by atoms with van der Waals surface area (Å²) in [5.74, 6) is 0. The van der Waals surface area contributed by atoms with E-state index in [1.165, 1.54) is 47.1 Å². The second-order valence-corrected chi connectivity index (χ2v) is 5.25. The van der Waals surface area contributed by atoms with Gasteiger partial charge < -0.3 is 5.73 Å². The summed E-state index contributed by atoms with van der Waals surface area (Å²) in [5.41, 5.74) is 12.7. The Kier molecular flexibility index (Phi) is 2.92. The van der Waals surface area contributed by atoms with Crippen molar-refractivity contribution in [1.29, 1.82) is 0 Å². The van der Waals surface area contributed by atoms with Crippen molar-refractivity contribution in [2.45, 2.75) is 32.2 Å². The third kappa shape index (κ3) is 2.06. The Morgan fingerprint density at radius 1 is 0.889 bits per heavy atom. The van der Waals surface area contributed by atoms with E-state index in [9.17, 15) is 0 Å². The maximum absolute atomic E-state index is 5.88. The minimum atomic E-state index is 0.110. The van der Waals surface area contributed by atoms with Gasteiger partial charge >= 0.3 is 0 Å². The Morgan fingerprint density at radius 2 is 1.56 bits per heavy atom. The lowest BCUT2D eigenvalue weighted by Crippen LogP contribution is -2.04. The lowest BCUT2D eigenvalue weighted by molar-refractivity contribution is 0.818. The first-order chi connectivity index (χ1) is 8.74. The van der Waals surface area contributed by atoms with E-state index in [1.54, 1.807) is 0 Å². The van der Waals surface area contributed by atoms with Crippen molar-refractivity contribution in [1.82, 2.24) is 0 Å². The van der Waals surface area contributed by atoms with Crippen LogP contribution in [0.2, 0.25) is 0 Å². The summed E-state index contributed by atoms with van der Waals surface area (Å²) in [6.45, 7) is 2.02. The van der Waals surface area contributed by atoms with Crippen LogP contribution in [0.4, 0.5) is 0 Å². The zero-order valence-electron chi connectivity index (χ0n) is 10.8. The molecule has 1 atom stereocenters. The van der Waals surface area contributed by atoms with E-state index in [-0.39, 0.29) is 6.04 Å². The van der Waals surface area contributed by atoms with Crippen molar-refractivity contribution in [3.63, 3.8) is 0 Å². The van der Waals surface area contributed by atoms with Crippen LogP contribution in [-0.2, 0) is 12.8 Å². The first kappa shape index (κ1) is 11.5. The van der Waals surface area contributed by atoms with Crippen LogP contribution in [0.5, 0.6) is 0 Å². The van der Waals surface area contributed by atoms with Crippen molar-refractivity contribution in [2.75, 3.05) is 0 Å². The Hall–Kier alpha value is -1.60. The van der Waals surface area contributed by atoms with Crippen molar-refractivity contribution in [2.24, 2.45) is 5.73 Å². The average molecular weight is 237 g/mol. The molecule has 0 heterocycles. The SMILES string of the molecule is CC(N)c1ccc(-c2ccc3c(c2)CCC3)cc1. The van der Waals surface area contributed by atoms with Gasteiger partial charge in [0.2, 0.25) is 0 Å². The molecule has 0 spiro atoms. The van der Waals surface area contributed by atoms with Gasteiger partial charge in [0.25, 0.3) is 0 Å². The van der Waals surface area contributed by atoms with E-state index in [0.29, 0.717) is 0 Å². The van der Waals surface area contributed by atoms with Gasteiger partial charge in [-0.25, -0.2) is 0 Å². The molecule has 2 aromatic rings. The molecule has 1 aliphatic rings. The first-order valence-corrected chi connectivity index (χ1v) is 6.72. The predicted molar refractivity (Wildman–Crippen MR) is 76.5 cm³/mol. The predicted octanol–water partition coefficient (Wildman–Crippen LogP) is 3.86. The van der Waals surface area contributed by atoms with Crippen molar-refractivity contribution in [3.05, 3.63) is 59.2 Å². The molecule has 1 nitrogen and oxygen atoms in total. The molecule has 2 N–H and O–H groups in total. The van der Waals surface area contributed by atoms with E-state index in [0.717, 1.165) is 0 Å². The summed E-state index contributed by atoms with van der Waals surface area (Å²) in [7, 11) is 0. The molecule has 0 radical (unpaired) electrons. The summed E-state index contributed by atoms with van der Waals surface area (Å²) in [6.07, 6.45) is 3.79. The fourth-order valence-electron chi connectivity index (χ4n) is 2.73. The van der Waals surface area contributed by atoms with Crippen LogP contribution < -0.4 is 5.73 Å². The van der Waals surface area contributed by atoms with Crippen LogP contribution in [0.15, 0.2) is 42.5 Å². The summed E-state index contributed by atoms with van der Waals surface area (Å²) in [6, 6.07) is 15.6. The van der Waals surface area contributed by atoms with E-state index in [1.807, 2.05) is 6.92 Å². The van der Waals surface area contributed by atoms with Gasteiger partial charge in [-0.15, -0.1) is 0 Å². The summed E-state index contributed by atoms with van der Waals surface area (Å²) < 4.78 is 0. The average Bonchev–Trinajstić information content (AvgIpc) is 2.86. The van der Waals surface area contributed by atoms with E-state index < -0.39 is 0 Å². The fraction of sp³-hybridized carbons (Fsp3) is 0.294. The number of rotatable bonds is 2. The summed E-state index contributed by atoms with van der Waals surface area (Å²) in [4.78, 5) is 0. The zero-order valence-corrected chi connectivity index (χ0v) is 10.8. The highest BCUT2D eigenvalue weighted by atomic mass is 14.6. The van der Waals surface area contributed by atoms with Crippen LogP contribution in [0.3, 0.4) is 0 Å². The second-order valence-electron chi connectivity index (χ2n) is 5.25. The number of aryl methyl sites for hydroxylation is 2. The van der Waals surface area contributed by atoms with Crippen molar-refractivity contribution < 1.29 is 0 Å². The van der Waals surface area contributed by atoms with Crippen molar-refractivity contribution >= 4 is 0 Å². The third-order valence-electron chi connectivity index (χ3n) is 3.87. The molecule has 0 aromatic heterocycles.